The molecule has 0 amide bonds. The summed E-state index contributed by atoms with van der Waals surface area (Å²) in [5.41, 5.74) is 0. The van der Waals surface area contributed by atoms with Crippen LogP contribution in [0, 0.1) is 5.92 Å². The number of likely N-dealkylation sites (tertiary alicyclic amines) is 1. The lowest BCUT2D eigenvalue weighted by Crippen LogP contribution is -2.43. The Morgan fingerprint density at radius 1 is 1.42 bits per heavy atom. The van der Waals surface area contributed by atoms with E-state index in [1.807, 2.05) is 18.4 Å². The summed E-state index contributed by atoms with van der Waals surface area (Å²) in [6.07, 6.45) is 1.26. The predicted octanol–water partition coefficient (Wildman–Crippen LogP) is 2.08. The van der Waals surface area contributed by atoms with Crippen LogP contribution in [0.4, 0.5) is 0 Å². The molecule has 134 valence electrons. The van der Waals surface area contributed by atoms with Gasteiger partial charge in [0.1, 0.15) is 0 Å². The van der Waals surface area contributed by atoms with E-state index in [4.69, 9.17) is 4.74 Å². The minimum Gasteiger partial charge on any atom is -0.379 e. The largest absolute Gasteiger partial charge is 0.379 e. The summed E-state index contributed by atoms with van der Waals surface area (Å²) in [5, 5.41) is 5.72. The Kier molecular flexibility index (Phi) is 6.51. The van der Waals surface area contributed by atoms with Crippen molar-refractivity contribution in [1.29, 1.82) is 0 Å². The second-order valence-corrected chi connectivity index (χ2v) is 7.84. The van der Waals surface area contributed by atoms with E-state index in [1.54, 1.807) is 0 Å². The van der Waals surface area contributed by atoms with Gasteiger partial charge >= 0.3 is 0 Å². The number of morpholine rings is 1. The number of aliphatic imine (C=N–C) groups is 1. The number of nitrogens with one attached hydrogen (secondary N) is 1. The third-order valence-corrected chi connectivity index (χ3v) is 6.12. The molecule has 0 bridgehead atoms. The lowest BCUT2D eigenvalue weighted by Gasteiger charge is -2.29. The molecule has 2 saturated heterocycles. The molecule has 6 heteroatoms. The molecule has 24 heavy (non-hydrogen) atoms. The van der Waals surface area contributed by atoms with Gasteiger partial charge in [-0.15, -0.1) is 11.3 Å². The van der Waals surface area contributed by atoms with Crippen molar-refractivity contribution in [2.75, 3.05) is 59.5 Å². The molecule has 0 aromatic carbocycles. The molecule has 2 atom stereocenters. The van der Waals surface area contributed by atoms with Crippen LogP contribution < -0.4 is 5.32 Å². The summed E-state index contributed by atoms with van der Waals surface area (Å²) < 4.78 is 5.45. The first-order valence-corrected chi connectivity index (χ1v) is 9.93. The number of nitrogens with zero attached hydrogens (tertiary/aromatic N) is 3. The molecule has 1 aromatic rings. The summed E-state index contributed by atoms with van der Waals surface area (Å²) in [4.78, 5) is 10.9. The van der Waals surface area contributed by atoms with Gasteiger partial charge in [-0.2, -0.15) is 0 Å². The number of thiophene rings is 1. The van der Waals surface area contributed by atoms with E-state index in [1.165, 1.54) is 17.8 Å². The van der Waals surface area contributed by atoms with E-state index >= 15 is 0 Å². The summed E-state index contributed by atoms with van der Waals surface area (Å²) in [7, 11) is 1.90. The Bertz CT molecular complexity index is 513. The van der Waals surface area contributed by atoms with Gasteiger partial charge in [0.25, 0.3) is 0 Å². The minimum absolute atomic E-state index is 0.522. The molecule has 0 radical (unpaired) electrons. The first kappa shape index (κ1) is 17.7. The molecule has 0 saturated carbocycles. The van der Waals surface area contributed by atoms with Crippen molar-refractivity contribution in [3.63, 3.8) is 0 Å². The molecule has 0 spiro atoms. The zero-order valence-corrected chi connectivity index (χ0v) is 15.7. The molecule has 0 aliphatic carbocycles. The highest BCUT2D eigenvalue weighted by Gasteiger charge is 2.27. The number of hydrogen-bond acceptors (Lipinski definition) is 4. The average molecular weight is 351 g/mol. The molecule has 2 unspecified atom stereocenters. The van der Waals surface area contributed by atoms with Gasteiger partial charge in [0.05, 0.1) is 13.2 Å². The number of ether oxygens (including phenoxy) is 1. The molecule has 3 heterocycles. The van der Waals surface area contributed by atoms with Crippen LogP contribution in [0.1, 0.15) is 24.1 Å². The fraction of sp³-hybridized carbons (Fsp3) is 0.722. The smallest absolute Gasteiger partial charge is 0.193 e. The van der Waals surface area contributed by atoms with E-state index in [9.17, 15) is 0 Å². The Balaban J connectivity index is 1.44. The second-order valence-electron chi connectivity index (χ2n) is 6.86. The van der Waals surface area contributed by atoms with Crippen molar-refractivity contribution < 1.29 is 4.74 Å². The molecular formula is C18H30N4OS. The van der Waals surface area contributed by atoms with Crippen LogP contribution in [0.3, 0.4) is 0 Å². The van der Waals surface area contributed by atoms with Crippen LogP contribution in [-0.2, 0) is 4.74 Å². The first-order chi connectivity index (χ1) is 11.8. The monoisotopic (exact) mass is 350 g/mol. The molecule has 1 aromatic heterocycles. The second kappa shape index (κ2) is 8.83. The molecule has 3 rings (SSSR count). The van der Waals surface area contributed by atoms with Crippen LogP contribution in [0.25, 0.3) is 0 Å². The average Bonchev–Trinajstić information content (AvgIpc) is 3.28. The highest BCUT2D eigenvalue weighted by Crippen LogP contribution is 2.21. The number of hydrogen-bond donors (Lipinski definition) is 1. The highest BCUT2D eigenvalue weighted by molar-refractivity contribution is 7.10. The van der Waals surface area contributed by atoms with Crippen molar-refractivity contribution in [3.8, 4) is 0 Å². The van der Waals surface area contributed by atoms with E-state index in [0.717, 1.165) is 57.8 Å². The molecule has 5 nitrogen and oxygen atoms in total. The van der Waals surface area contributed by atoms with E-state index in [-0.39, 0.29) is 0 Å². The topological polar surface area (TPSA) is 40.1 Å². The zero-order chi connectivity index (χ0) is 16.8. The molecule has 2 aliphatic heterocycles. The molecule has 1 N–H and O–H groups in total. The fourth-order valence-electron chi connectivity index (χ4n) is 3.57. The van der Waals surface area contributed by atoms with Crippen molar-refractivity contribution in [1.82, 2.24) is 15.1 Å². The molecule has 2 fully saturated rings. The summed E-state index contributed by atoms with van der Waals surface area (Å²) in [6.45, 7) is 10.6. The minimum atomic E-state index is 0.522. The molecule has 2 aliphatic rings. The van der Waals surface area contributed by atoms with Crippen molar-refractivity contribution in [2.24, 2.45) is 10.9 Å². The Labute approximate surface area is 149 Å². The van der Waals surface area contributed by atoms with Crippen LogP contribution in [0.15, 0.2) is 22.5 Å². The van der Waals surface area contributed by atoms with Gasteiger partial charge in [0.2, 0.25) is 0 Å². The summed E-state index contributed by atoms with van der Waals surface area (Å²) in [5.74, 6) is 2.33. The lowest BCUT2D eigenvalue weighted by atomic mass is 10.1. The summed E-state index contributed by atoms with van der Waals surface area (Å²) >= 11 is 1.83. The van der Waals surface area contributed by atoms with Crippen molar-refractivity contribution in [2.45, 2.75) is 19.3 Å². The van der Waals surface area contributed by atoms with Crippen molar-refractivity contribution in [3.05, 3.63) is 22.4 Å². The Morgan fingerprint density at radius 3 is 2.96 bits per heavy atom. The van der Waals surface area contributed by atoms with Gasteiger partial charge in [0.15, 0.2) is 5.96 Å². The maximum absolute atomic E-state index is 5.45. The van der Waals surface area contributed by atoms with E-state index < -0.39 is 0 Å². The molecular weight excluding hydrogens is 320 g/mol. The summed E-state index contributed by atoms with van der Waals surface area (Å²) in [6, 6.07) is 4.34. The third-order valence-electron chi connectivity index (χ3n) is 5.01. The predicted molar refractivity (Wildman–Crippen MR) is 101 cm³/mol. The highest BCUT2D eigenvalue weighted by atomic mass is 32.1. The van der Waals surface area contributed by atoms with Gasteiger partial charge in [-0.25, -0.2) is 0 Å². The third kappa shape index (κ3) is 4.71. The first-order valence-electron chi connectivity index (χ1n) is 9.05. The Hall–Kier alpha value is -1.11. The van der Waals surface area contributed by atoms with Crippen LogP contribution in [0.5, 0.6) is 0 Å². The fourth-order valence-corrected chi connectivity index (χ4v) is 4.36. The van der Waals surface area contributed by atoms with Crippen LogP contribution in [0.2, 0.25) is 0 Å². The van der Waals surface area contributed by atoms with Crippen LogP contribution >= 0.6 is 11.3 Å². The number of guanidine groups is 1. The maximum Gasteiger partial charge on any atom is 0.193 e. The van der Waals surface area contributed by atoms with E-state index in [2.05, 4.69) is 44.5 Å². The number of rotatable bonds is 5. The van der Waals surface area contributed by atoms with Gasteiger partial charge in [-0.3, -0.25) is 9.89 Å². The standard InChI is InChI=1S/C18H30N4OS/c1-15(17-4-3-11-24-17)12-20-18(19-2)22-6-5-16(14-22)13-21-7-9-23-10-8-21/h3-4,11,15-16H,5-10,12-14H2,1-2H3,(H,19,20). The van der Waals surface area contributed by atoms with Gasteiger partial charge < -0.3 is 15.0 Å². The zero-order valence-electron chi connectivity index (χ0n) is 14.9. The van der Waals surface area contributed by atoms with Crippen LogP contribution in [-0.4, -0.2) is 75.3 Å². The van der Waals surface area contributed by atoms with Gasteiger partial charge in [-0.1, -0.05) is 13.0 Å². The SMILES string of the molecule is CN=C(NCC(C)c1cccs1)N1CCC(CN2CCOCC2)C1. The maximum atomic E-state index is 5.45. The van der Waals surface area contributed by atoms with Gasteiger partial charge in [-0.05, 0) is 23.8 Å². The Morgan fingerprint density at radius 2 is 2.25 bits per heavy atom. The quantitative estimate of drug-likeness (QED) is 0.652. The van der Waals surface area contributed by atoms with Gasteiger partial charge in [0, 0.05) is 57.1 Å². The normalized spacial score (nSPS) is 24.3. The van der Waals surface area contributed by atoms with E-state index in [0.29, 0.717) is 5.92 Å². The van der Waals surface area contributed by atoms with Crippen molar-refractivity contribution >= 4 is 17.3 Å². The lowest BCUT2D eigenvalue weighted by molar-refractivity contribution is 0.0315.